The minimum absolute atomic E-state index is 0.384. The number of hydrogen-bond acceptors (Lipinski definition) is 4. The summed E-state index contributed by atoms with van der Waals surface area (Å²) in [5.41, 5.74) is 0. The monoisotopic (exact) mass is 688 g/mol. The van der Waals surface area contributed by atoms with Gasteiger partial charge in [0.25, 0.3) is 0 Å². The zero-order valence-corrected chi connectivity index (χ0v) is 32.3. The van der Waals surface area contributed by atoms with Gasteiger partial charge in [0.15, 0.2) is 0 Å². The van der Waals surface area contributed by atoms with Crippen LogP contribution in [0.25, 0.3) is 0 Å². The maximum atomic E-state index is 12.4. The molecule has 0 radical (unpaired) electrons. The number of amides is 1. The summed E-state index contributed by atoms with van der Waals surface area (Å²) in [4.78, 5) is 12.4. The van der Waals surface area contributed by atoms with Gasteiger partial charge in [-0.25, -0.2) is 0 Å². The lowest BCUT2D eigenvalue weighted by atomic mass is 10.0. The Morgan fingerprint density at radius 3 is 1.37 bits per heavy atom. The minimum atomic E-state index is -1.11. The number of aliphatic hydroxyl groups is 3. The van der Waals surface area contributed by atoms with E-state index in [0.29, 0.717) is 6.42 Å². The van der Waals surface area contributed by atoms with Crippen molar-refractivity contribution in [3.8, 4) is 0 Å². The first kappa shape index (κ1) is 47.3. The van der Waals surface area contributed by atoms with Gasteiger partial charge in [-0.1, -0.05) is 184 Å². The van der Waals surface area contributed by atoms with Gasteiger partial charge >= 0.3 is 0 Å². The summed E-state index contributed by atoms with van der Waals surface area (Å²) in [7, 11) is 0. The number of unbranched alkanes of at least 4 members (excludes halogenated alkanes) is 24. The molecule has 0 saturated heterocycles. The normalized spacial score (nSPS) is 14.1. The molecule has 0 fully saturated rings. The third-order valence-electron chi connectivity index (χ3n) is 9.46. The highest BCUT2D eigenvalue weighted by atomic mass is 16.3. The zero-order chi connectivity index (χ0) is 35.9. The van der Waals surface area contributed by atoms with E-state index in [0.717, 1.165) is 44.9 Å². The SMILES string of the molecule is C/C=C/CC/C=C/CC/C=C/C(O)C(CO)NC(=O)C(O)CCCCCCCCCCCC/C=C\CCCCCCCCCCCCCC. The van der Waals surface area contributed by atoms with Crippen LogP contribution in [0.5, 0.6) is 0 Å². The van der Waals surface area contributed by atoms with E-state index < -0.39 is 24.2 Å². The highest BCUT2D eigenvalue weighted by Gasteiger charge is 2.22. The largest absolute Gasteiger partial charge is 0.394 e. The van der Waals surface area contributed by atoms with Gasteiger partial charge in [-0.2, -0.15) is 0 Å². The van der Waals surface area contributed by atoms with Crippen molar-refractivity contribution in [2.24, 2.45) is 0 Å². The van der Waals surface area contributed by atoms with Crippen LogP contribution in [0.15, 0.2) is 48.6 Å². The molecule has 0 aromatic heterocycles. The fraction of sp³-hybridized carbons (Fsp3) is 0.795. The lowest BCUT2D eigenvalue weighted by Gasteiger charge is -2.21. The number of carbonyl (C=O) groups is 1. The Morgan fingerprint density at radius 1 is 0.531 bits per heavy atom. The Hall–Kier alpha value is -1.69. The molecule has 5 heteroatoms. The molecule has 286 valence electrons. The summed E-state index contributed by atoms with van der Waals surface area (Å²) >= 11 is 0. The van der Waals surface area contributed by atoms with Gasteiger partial charge < -0.3 is 20.6 Å². The summed E-state index contributed by atoms with van der Waals surface area (Å²) in [6.07, 6.45) is 50.3. The second-order valence-corrected chi connectivity index (χ2v) is 14.2. The van der Waals surface area contributed by atoms with Gasteiger partial charge in [0.2, 0.25) is 5.91 Å². The standard InChI is InChI=1S/C44H81NO4/c1-3-5-7-9-11-13-14-15-16-17-18-19-20-21-22-23-24-25-26-27-28-29-31-33-35-37-39-43(48)44(49)45-41(40-46)42(47)38-36-34-32-30-12-10-8-6-4-2/h4,6,12,21-22,30,36,38,41-43,46-48H,3,5,7-11,13-20,23-29,31-35,37,39-40H2,1-2H3,(H,45,49)/b6-4+,22-21-,30-12+,38-36+. The van der Waals surface area contributed by atoms with Crippen molar-refractivity contribution in [2.75, 3.05) is 6.61 Å². The molecular weight excluding hydrogens is 606 g/mol. The first-order valence-electron chi connectivity index (χ1n) is 20.9. The molecule has 0 aliphatic carbocycles. The lowest BCUT2D eigenvalue weighted by molar-refractivity contribution is -0.131. The molecule has 4 N–H and O–H groups in total. The molecule has 0 spiro atoms. The van der Waals surface area contributed by atoms with Gasteiger partial charge in [0, 0.05) is 0 Å². The van der Waals surface area contributed by atoms with Crippen molar-refractivity contribution in [2.45, 2.75) is 218 Å². The minimum Gasteiger partial charge on any atom is -0.394 e. The number of carbonyl (C=O) groups excluding carboxylic acids is 1. The number of hydrogen-bond donors (Lipinski definition) is 4. The molecule has 0 aromatic rings. The second-order valence-electron chi connectivity index (χ2n) is 14.2. The zero-order valence-electron chi connectivity index (χ0n) is 32.3. The van der Waals surface area contributed by atoms with Crippen molar-refractivity contribution in [1.82, 2.24) is 5.32 Å². The third-order valence-corrected chi connectivity index (χ3v) is 9.46. The maximum absolute atomic E-state index is 12.4. The van der Waals surface area contributed by atoms with Crippen LogP contribution in [0.2, 0.25) is 0 Å². The summed E-state index contributed by atoms with van der Waals surface area (Å²) in [6.45, 7) is 3.93. The highest BCUT2D eigenvalue weighted by Crippen LogP contribution is 2.15. The Kier molecular flexibility index (Phi) is 37.8. The van der Waals surface area contributed by atoms with Gasteiger partial charge in [-0.05, 0) is 64.7 Å². The lowest BCUT2D eigenvalue weighted by Crippen LogP contribution is -2.48. The van der Waals surface area contributed by atoms with Crippen molar-refractivity contribution in [1.29, 1.82) is 0 Å². The molecule has 0 aliphatic rings. The van der Waals surface area contributed by atoms with E-state index in [9.17, 15) is 20.1 Å². The summed E-state index contributed by atoms with van der Waals surface area (Å²) in [5.74, 6) is -0.523. The quantitative estimate of drug-likeness (QED) is 0.0386. The molecule has 0 bridgehead atoms. The predicted octanol–water partition coefficient (Wildman–Crippen LogP) is 11.8. The Balaban J connectivity index is 3.59. The average molecular weight is 688 g/mol. The van der Waals surface area contributed by atoms with Gasteiger partial charge in [0.1, 0.15) is 6.10 Å². The number of rotatable bonds is 37. The molecule has 3 atom stereocenters. The Morgan fingerprint density at radius 2 is 0.918 bits per heavy atom. The molecule has 49 heavy (non-hydrogen) atoms. The molecule has 0 saturated carbocycles. The molecule has 0 aromatic carbocycles. The first-order chi connectivity index (χ1) is 24.1. The van der Waals surface area contributed by atoms with Crippen molar-refractivity contribution < 1.29 is 20.1 Å². The first-order valence-corrected chi connectivity index (χ1v) is 20.9. The third kappa shape index (κ3) is 34.5. The maximum Gasteiger partial charge on any atom is 0.249 e. The van der Waals surface area contributed by atoms with Crippen LogP contribution in [-0.4, -0.2) is 46.1 Å². The molecule has 0 rings (SSSR count). The van der Waals surface area contributed by atoms with E-state index in [4.69, 9.17) is 0 Å². The number of allylic oxidation sites excluding steroid dienone is 7. The van der Waals surface area contributed by atoms with Gasteiger partial charge in [-0.15, -0.1) is 0 Å². The Labute approximate surface area is 304 Å². The van der Waals surface area contributed by atoms with Crippen LogP contribution in [0.4, 0.5) is 0 Å². The average Bonchev–Trinajstić information content (AvgIpc) is 3.11. The van der Waals surface area contributed by atoms with Gasteiger partial charge in [0.05, 0.1) is 18.8 Å². The number of nitrogens with one attached hydrogen (secondary N) is 1. The summed E-state index contributed by atoms with van der Waals surface area (Å²) < 4.78 is 0. The van der Waals surface area contributed by atoms with Crippen LogP contribution >= 0.6 is 0 Å². The van der Waals surface area contributed by atoms with E-state index in [-0.39, 0.29) is 6.61 Å². The highest BCUT2D eigenvalue weighted by molar-refractivity contribution is 5.80. The van der Waals surface area contributed by atoms with Crippen LogP contribution in [0, 0.1) is 0 Å². The smallest absolute Gasteiger partial charge is 0.249 e. The fourth-order valence-electron chi connectivity index (χ4n) is 6.16. The Bertz CT molecular complexity index is 805. The molecule has 0 heterocycles. The summed E-state index contributed by atoms with van der Waals surface area (Å²) in [6, 6.07) is -0.819. The van der Waals surface area contributed by atoms with Crippen LogP contribution in [-0.2, 0) is 4.79 Å². The fourth-order valence-corrected chi connectivity index (χ4v) is 6.16. The molecule has 0 aliphatic heterocycles. The molecular formula is C44H81NO4. The van der Waals surface area contributed by atoms with Crippen molar-refractivity contribution >= 4 is 5.91 Å². The second kappa shape index (κ2) is 39.1. The summed E-state index contributed by atoms with van der Waals surface area (Å²) in [5, 5.41) is 32.9. The molecule has 1 amide bonds. The van der Waals surface area contributed by atoms with Crippen LogP contribution in [0.1, 0.15) is 200 Å². The molecule has 3 unspecified atom stereocenters. The van der Waals surface area contributed by atoms with E-state index in [1.807, 2.05) is 13.0 Å². The van der Waals surface area contributed by atoms with E-state index in [1.165, 1.54) is 135 Å². The van der Waals surface area contributed by atoms with Crippen LogP contribution < -0.4 is 5.32 Å². The van der Waals surface area contributed by atoms with E-state index in [2.05, 4.69) is 48.7 Å². The number of aliphatic hydroxyl groups excluding tert-OH is 3. The van der Waals surface area contributed by atoms with Crippen molar-refractivity contribution in [3.63, 3.8) is 0 Å². The van der Waals surface area contributed by atoms with E-state index in [1.54, 1.807) is 6.08 Å². The molecule has 5 nitrogen and oxygen atoms in total. The van der Waals surface area contributed by atoms with Gasteiger partial charge in [-0.3, -0.25) is 4.79 Å². The van der Waals surface area contributed by atoms with E-state index >= 15 is 0 Å². The topological polar surface area (TPSA) is 89.8 Å². The van der Waals surface area contributed by atoms with Crippen molar-refractivity contribution in [3.05, 3.63) is 48.6 Å². The van der Waals surface area contributed by atoms with Crippen LogP contribution in [0.3, 0.4) is 0 Å². The predicted molar refractivity (Wildman–Crippen MR) is 213 cm³/mol.